The molecule has 1 atom stereocenters. The second-order valence-corrected chi connectivity index (χ2v) is 5.68. The van der Waals surface area contributed by atoms with Crippen molar-refractivity contribution in [2.45, 2.75) is 52.4 Å². The number of rotatable bonds is 7. The summed E-state index contributed by atoms with van der Waals surface area (Å²) >= 11 is 0. The van der Waals surface area contributed by atoms with Crippen molar-refractivity contribution >= 4 is 0 Å². The van der Waals surface area contributed by atoms with Crippen molar-refractivity contribution in [3.05, 3.63) is 0 Å². The Kier molecular flexibility index (Phi) is 5.62. The van der Waals surface area contributed by atoms with Crippen LogP contribution in [0.5, 0.6) is 0 Å². The van der Waals surface area contributed by atoms with Gasteiger partial charge in [0, 0.05) is 6.54 Å². The van der Waals surface area contributed by atoms with Crippen LogP contribution in [0, 0.1) is 11.3 Å². The van der Waals surface area contributed by atoms with E-state index in [0.29, 0.717) is 5.41 Å². The summed E-state index contributed by atoms with van der Waals surface area (Å²) in [7, 11) is 0. The van der Waals surface area contributed by atoms with Gasteiger partial charge in [0.15, 0.2) is 0 Å². The van der Waals surface area contributed by atoms with Gasteiger partial charge >= 0.3 is 0 Å². The average molecular weight is 212 g/mol. The first-order valence-electron chi connectivity index (χ1n) is 6.57. The molecule has 0 aliphatic heterocycles. The second-order valence-electron chi connectivity index (χ2n) is 5.68. The molecule has 0 amide bonds. The van der Waals surface area contributed by atoms with Crippen molar-refractivity contribution in [2.24, 2.45) is 17.1 Å². The topological polar surface area (TPSA) is 38.0 Å². The highest BCUT2D eigenvalue weighted by atomic mass is 14.9. The Morgan fingerprint density at radius 3 is 2.60 bits per heavy atom. The van der Waals surface area contributed by atoms with Gasteiger partial charge in [0.1, 0.15) is 0 Å². The summed E-state index contributed by atoms with van der Waals surface area (Å²) in [6.07, 6.45) is 8.12. The van der Waals surface area contributed by atoms with Gasteiger partial charge in [-0.2, -0.15) is 0 Å². The molecule has 1 rings (SSSR count). The van der Waals surface area contributed by atoms with Gasteiger partial charge in [-0.15, -0.1) is 0 Å². The highest BCUT2D eigenvalue weighted by molar-refractivity contribution is 4.82. The van der Waals surface area contributed by atoms with E-state index in [-0.39, 0.29) is 0 Å². The summed E-state index contributed by atoms with van der Waals surface area (Å²) in [6.45, 7) is 7.95. The largest absolute Gasteiger partial charge is 0.330 e. The van der Waals surface area contributed by atoms with Crippen LogP contribution in [0.15, 0.2) is 0 Å². The van der Waals surface area contributed by atoms with E-state index in [1.807, 2.05) is 0 Å². The van der Waals surface area contributed by atoms with Gasteiger partial charge in [0.05, 0.1) is 0 Å². The highest BCUT2D eigenvalue weighted by Gasteiger charge is 2.27. The average Bonchev–Trinajstić information content (AvgIpc) is 2.62. The van der Waals surface area contributed by atoms with Crippen molar-refractivity contribution in [1.82, 2.24) is 5.32 Å². The number of hydrogen-bond acceptors (Lipinski definition) is 2. The molecule has 0 spiro atoms. The Morgan fingerprint density at radius 2 is 2.00 bits per heavy atom. The van der Waals surface area contributed by atoms with Crippen molar-refractivity contribution in [3.8, 4) is 0 Å². The first kappa shape index (κ1) is 13.0. The monoisotopic (exact) mass is 212 g/mol. The Hall–Kier alpha value is -0.0800. The Balaban J connectivity index is 2.04. The summed E-state index contributed by atoms with van der Waals surface area (Å²) in [4.78, 5) is 0. The first-order valence-corrected chi connectivity index (χ1v) is 6.57. The minimum Gasteiger partial charge on any atom is -0.330 e. The SMILES string of the molecule is CC(CCCN)CNCC1(C)CCCC1. The fourth-order valence-electron chi connectivity index (χ4n) is 2.59. The zero-order chi connectivity index (χ0) is 11.1. The molecule has 90 valence electrons. The molecule has 3 N–H and O–H groups in total. The minimum absolute atomic E-state index is 0.591. The van der Waals surface area contributed by atoms with Crippen LogP contribution >= 0.6 is 0 Å². The molecule has 15 heavy (non-hydrogen) atoms. The van der Waals surface area contributed by atoms with Crippen LogP contribution in [0.2, 0.25) is 0 Å². The lowest BCUT2D eigenvalue weighted by Gasteiger charge is -2.25. The molecule has 1 aliphatic rings. The van der Waals surface area contributed by atoms with Gasteiger partial charge < -0.3 is 11.1 Å². The molecule has 2 heteroatoms. The second kappa shape index (κ2) is 6.49. The fraction of sp³-hybridized carbons (Fsp3) is 1.00. The molecule has 0 aromatic heterocycles. The predicted molar refractivity (Wildman–Crippen MR) is 66.9 cm³/mol. The molecule has 1 unspecified atom stereocenters. The molecule has 0 saturated heterocycles. The maximum atomic E-state index is 5.51. The van der Waals surface area contributed by atoms with Gasteiger partial charge in [0.25, 0.3) is 0 Å². The summed E-state index contributed by atoms with van der Waals surface area (Å²) < 4.78 is 0. The first-order chi connectivity index (χ1) is 7.16. The van der Waals surface area contributed by atoms with Crippen LogP contribution in [0.3, 0.4) is 0 Å². The van der Waals surface area contributed by atoms with Crippen LogP contribution in [0.25, 0.3) is 0 Å². The van der Waals surface area contributed by atoms with Crippen molar-refractivity contribution in [1.29, 1.82) is 0 Å². The minimum atomic E-state index is 0.591. The molecule has 0 heterocycles. The van der Waals surface area contributed by atoms with Crippen LogP contribution in [-0.2, 0) is 0 Å². The third-order valence-electron chi connectivity index (χ3n) is 3.76. The van der Waals surface area contributed by atoms with E-state index in [1.54, 1.807) is 0 Å². The number of nitrogens with one attached hydrogen (secondary N) is 1. The predicted octanol–water partition coefficient (Wildman–Crippen LogP) is 2.53. The van der Waals surface area contributed by atoms with Crippen molar-refractivity contribution in [2.75, 3.05) is 19.6 Å². The summed E-state index contributed by atoms with van der Waals surface area (Å²) in [6, 6.07) is 0. The molecule has 0 bridgehead atoms. The van der Waals surface area contributed by atoms with E-state index in [9.17, 15) is 0 Å². The number of hydrogen-bond donors (Lipinski definition) is 2. The lowest BCUT2D eigenvalue weighted by molar-refractivity contribution is 0.304. The highest BCUT2D eigenvalue weighted by Crippen LogP contribution is 2.36. The van der Waals surface area contributed by atoms with E-state index in [4.69, 9.17) is 5.73 Å². The molecule has 0 radical (unpaired) electrons. The molecule has 0 aromatic rings. The van der Waals surface area contributed by atoms with Gasteiger partial charge in [-0.05, 0) is 50.1 Å². The van der Waals surface area contributed by atoms with Crippen molar-refractivity contribution in [3.63, 3.8) is 0 Å². The van der Waals surface area contributed by atoms with Gasteiger partial charge in [0.2, 0.25) is 0 Å². The van der Waals surface area contributed by atoms with Gasteiger partial charge in [-0.3, -0.25) is 0 Å². The summed E-state index contributed by atoms with van der Waals surface area (Å²) in [5.41, 5.74) is 6.10. The van der Waals surface area contributed by atoms with E-state index >= 15 is 0 Å². The molecular weight excluding hydrogens is 184 g/mol. The standard InChI is InChI=1S/C13H28N2/c1-12(6-5-9-14)10-15-11-13(2)7-3-4-8-13/h12,15H,3-11,14H2,1-2H3. The van der Waals surface area contributed by atoms with Crippen LogP contribution in [-0.4, -0.2) is 19.6 Å². The Bertz CT molecular complexity index is 162. The number of nitrogens with two attached hydrogens (primary N) is 1. The maximum Gasteiger partial charge on any atom is 0.000527 e. The molecule has 1 saturated carbocycles. The third-order valence-corrected chi connectivity index (χ3v) is 3.76. The van der Waals surface area contributed by atoms with Crippen LogP contribution in [0.4, 0.5) is 0 Å². The molecule has 1 fully saturated rings. The summed E-state index contributed by atoms with van der Waals surface area (Å²) in [5.74, 6) is 0.776. The summed E-state index contributed by atoms with van der Waals surface area (Å²) in [5, 5.41) is 3.64. The molecule has 1 aliphatic carbocycles. The van der Waals surface area contributed by atoms with Gasteiger partial charge in [-0.25, -0.2) is 0 Å². The zero-order valence-electron chi connectivity index (χ0n) is 10.5. The molecular formula is C13H28N2. The Labute approximate surface area is 95.0 Å². The van der Waals surface area contributed by atoms with E-state index in [1.165, 1.54) is 45.1 Å². The van der Waals surface area contributed by atoms with Gasteiger partial charge in [-0.1, -0.05) is 26.7 Å². The smallest absolute Gasteiger partial charge is 0.000527 e. The van der Waals surface area contributed by atoms with Crippen molar-refractivity contribution < 1.29 is 0 Å². The van der Waals surface area contributed by atoms with Crippen LogP contribution in [0.1, 0.15) is 52.4 Å². The molecule has 2 nitrogen and oxygen atoms in total. The lowest BCUT2D eigenvalue weighted by Crippen LogP contribution is -2.32. The zero-order valence-corrected chi connectivity index (χ0v) is 10.5. The Morgan fingerprint density at radius 1 is 1.33 bits per heavy atom. The lowest BCUT2D eigenvalue weighted by atomic mass is 9.89. The van der Waals surface area contributed by atoms with E-state index < -0.39 is 0 Å². The fourth-order valence-corrected chi connectivity index (χ4v) is 2.59. The normalized spacial score (nSPS) is 21.8. The van der Waals surface area contributed by atoms with E-state index in [0.717, 1.165) is 19.0 Å². The van der Waals surface area contributed by atoms with E-state index in [2.05, 4.69) is 19.2 Å². The maximum absolute atomic E-state index is 5.51. The molecule has 0 aromatic carbocycles. The third kappa shape index (κ3) is 4.98. The van der Waals surface area contributed by atoms with Crippen LogP contribution < -0.4 is 11.1 Å². The quantitative estimate of drug-likeness (QED) is 0.680.